The zero-order valence-electron chi connectivity index (χ0n) is 5.22. The molecule has 2 N–H and O–H groups in total. The lowest BCUT2D eigenvalue weighted by Gasteiger charge is -1.93. The Hall–Kier alpha value is 0.110. The quantitative estimate of drug-likeness (QED) is 0.594. The fourth-order valence-electron chi connectivity index (χ4n) is 0.461. The highest BCUT2D eigenvalue weighted by Crippen LogP contribution is 1.83. The molecule has 0 bridgehead atoms. The second-order valence-corrected chi connectivity index (χ2v) is 3.33. The monoisotopic (exact) mass is 135 g/mol. The van der Waals surface area contributed by atoms with Gasteiger partial charge in [-0.3, -0.25) is 4.21 Å². The van der Waals surface area contributed by atoms with Gasteiger partial charge in [-0.05, 0) is 6.42 Å². The fourth-order valence-corrected chi connectivity index (χ4v) is 1.38. The zero-order chi connectivity index (χ0) is 6.41. The zero-order valence-corrected chi connectivity index (χ0v) is 6.04. The van der Waals surface area contributed by atoms with Gasteiger partial charge in [-0.25, -0.2) is 0 Å². The lowest BCUT2D eigenvalue weighted by Crippen LogP contribution is -2.11. The minimum atomic E-state index is -0.645. The first-order chi connectivity index (χ1) is 3.81. The fraction of sp³-hybridized carbons (Fsp3) is 1.00. The molecular weight excluding hydrogens is 122 g/mol. The van der Waals surface area contributed by atoms with Gasteiger partial charge in [0.05, 0.1) is 0 Å². The summed E-state index contributed by atoms with van der Waals surface area (Å²) in [5, 5.41) is 0. The number of rotatable bonds is 4. The smallest absolute Gasteiger partial charge is 0.0357 e. The number of hydrogen-bond acceptors (Lipinski definition) is 2. The van der Waals surface area contributed by atoms with Crippen molar-refractivity contribution in [2.24, 2.45) is 5.73 Å². The van der Waals surface area contributed by atoms with Gasteiger partial charge in [0.1, 0.15) is 0 Å². The van der Waals surface area contributed by atoms with Crippen molar-refractivity contribution in [2.75, 3.05) is 18.1 Å². The van der Waals surface area contributed by atoms with E-state index in [2.05, 4.69) is 0 Å². The Morgan fingerprint density at radius 3 is 2.50 bits per heavy atom. The Labute approximate surface area is 52.9 Å². The third kappa shape index (κ3) is 4.27. The van der Waals surface area contributed by atoms with Gasteiger partial charge in [0, 0.05) is 28.9 Å². The molecule has 0 radical (unpaired) electrons. The summed E-state index contributed by atoms with van der Waals surface area (Å²) in [4.78, 5) is 0. The lowest BCUT2D eigenvalue weighted by molar-refractivity contribution is 0.681. The van der Waals surface area contributed by atoms with Crippen LogP contribution in [0.2, 0.25) is 0 Å². The van der Waals surface area contributed by atoms with Crippen molar-refractivity contribution in [1.82, 2.24) is 0 Å². The molecule has 0 aliphatic rings. The third-order valence-electron chi connectivity index (χ3n) is 0.777. The van der Waals surface area contributed by atoms with E-state index in [4.69, 9.17) is 5.73 Å². The third-order valence-corrected chi connectivity index (χ3v) is 2.33. The maximum Gasteiger partial charge on any atom is 0.0357 e. The lowest BCUT2D eigenvalue weighted by atomic mass is 10.6. The van der Waals surface area contributed by atoms with Crippen LogP contribution in [0.25, 0.3) is 0 Å². The molecule has 8 heavy (non-hydrogen) atoms. The van der Waals surface area contributed by atoms with Crippen molar-refractivity contribution in [1.29, 1.82) is 0 Å². The molecule has 50 valence electrons. The van der Waals surface area contributed by atoms with Crippen LogP contribution in [-0.2, 0) is 10.8 Å². The molecule has 0 aliphatic carbocycles. The topological polar surface area (TPSA) is 43.1 Å². The summed E-state index contributed by atoms with van der Waals surface area (Å²) < 4.78 is 10.7. The molecule has 0 rings (SSSR count). The van der Waals surface area contributed by atoms with Crippen molar-refractivity contribution in [2.45, 2.75) is 13.3 Å². The molecule has 0 saturated heterocycles. The van der Waals surface area contributed by atoms with E-state index >= 15 is 0 Å². The van der Waals surface area contributed by atoms with Gasteiger partial charge in [-0.15, -0.1) is 0 Å². The average Bonchev–Trinajstić information content (AvgIpc) is 1.68. The Balaban J connectivity index is 3.06. The SMILES string of the molecule is CCCS(=O)CCN. The summed E-state index contributed by atoms with van der Waals surface area (Å²) in [5.74, 6) is 1.46. The van der Waals surface area contributed by atoms with Crippen molar-refractivity contribution in [3.8, 4) is 0 Å². The van der Waals surface area contributed by atoms with E-state index in [0.717, 1.165) is 12.2 Å². The molecule has 0 saturated carbocycles. The molecule has 0 fully saturated rings. The van der Waals surface area contributed by atoms with Crippen LogP contribution in [0.4, 0.5) is 0 Å². The minimum Gasteiger partial charge on any atom is -0.330 e. The average molecular weight is 135 g/mol. The standard InChI is InChI=1S/C5H13NOS/c1-2-4-8(7)5-3-6/h2-6H2,1H3. The van der Waals surface area contributed by atoms with Crippen LogP contribution < -0.4 is 5.73 Å². The molecule has 0 aliphatic heterocycles. The van der Waals surface area contributed by atoms with E-state index in [9.17, 15) is 4.21 Å². The summed E-state index contributed by atoms with van der Waals surface area (Å²) in [6, 6.07) is 0. The molecular formula is C5H13NOS. The highest BCUT2D eigenvalue weighted by Gasteiger charge is 1.92. The molecule has 1 unspecified atom stereocenters. The summed E-state index contributed by atoms with van der Waals surface area (Å²) in [5.41, 5.74) is 5.17. The Morgan fingerprint density at radius 2 is 2.12 bits per heavy atom. The normalized spacial score (nSPS) is 13.8. The first-order valence-electron chi connectivity index (χ1n) is 2.86. The van der Waals surface area contributed by atoms with Crippen molar-refractivity contribution in [3.63, 3.8) is 0 Å². The molecule has 1 atom stereocenters. The molecule has 0 spiro atoms. The van der Waals surface area contributed by atoms with Crippen molar-refractivity contribution < 1.29 is 4.21 Å². The van der Waals surface area contributed by atoms with Crippen LogP contribution in [0.3, 0.4) is 0 Å². The molecule has 0 aromatic heterocycles. The van der Waals surface area contributed by atoms with Crippen molar-refractivity contribution in [3.05, 3.63) is 0 Å². The Morgan fingerprint density at radius 1 is 1.50 bits per heavy atom. The van der Waals surface area contributed by atoms with Gasteiger partial charge in [0.15, 0.2) is 0 Å². The molecule has 0 aromatic rings. The van der Waals surface area contributed by atoms with Gasteiger partial charge in [-0.1, -0.05) is 6.92 Å². The van der Waals surface area contributed by atoms with Crippen molar-refractivity contribution >= 4 is 10.8 Å². The number of hydrogen-bond donors (Lipinski definition) is 1. The summed E-state index contributed by atoms with van der Waals surface area (Å²) >= 11 is 0. The van der Waals surface area contributed by atoms with E-state index in [-0.39, 0.29) is 0 Å². The van der Waals surface area contributed by atoms with Crippen LogP contribution in [0.5, 0.6) is 0 Å². The van der Waals surface area contributed by atoms with Crippen LogP contribution in [0.15, 0.2) is 0 Å². The predicted molar refractivity (Wildman–Crippen MR) is 37.2 cm³/mol. The predicted octanol–water partition coefficient (Wildman–Crippen LogP) is 0.104. The van der Waals surface area contributed by atoms with E-state index in [1.54, 1.807) is 0 Å². The maximum absolute atomic E-state index is 10.7. The first-order valence-corrected chi connectivity index (χ1v) is 4.35. The van der Waals surface area contributed by atoms with Crippen LogP contribution in [0.1, 0.15) is 13.3 Å². The maximum atomic E-state index is 10.7. The molecule has 0 amide bonds. The molecule has 2 nitrogen and oxygen atoms in total. The van der Waals surface area contributed by atoms with E-state index in [1.165, 1.54) is 0 Å². The van der Waals surface area contributed by atoms with Gasteiger partial charge >= 0.3 is 0 Å². The molecule has 0 aromatic carbocycles. The first kappa shape index (κ1) is 8.11. The van der Waals surface area contributed by atoms with E-state index < -0.39 is 10.8 Å². The van der Waals surface area contributed by atoms with E-state index in [1.807, 2.05) is 6.92 Å². The van der Waals surface area contributed by atoms with Crippen LogP contribution in [0, 0.1) is 0 Å². The summed E-state index contributed by atoms with van der Waals surface area (Å²) in [6.45, 7) is 2.57. The van der Waals surface area contributed by atoms with Gasteiger partial charge in [0.25, 0.3) is 0 Å². The highest BCUT2D eigenvalue weighted by atomic mass is 32.2. The molecule has 3 heteroatoms. The largest absolute Gasteiger partial charge is 0.330 e. The second kappa shape index (κ2) is 5.25. The van der Waals surface area contributed by atoms with Gasteiger partial charge in [-0.2, -0.15) is 0 Å². The Kier molecular flexibility index (Phi) is 5.32. The highest BCUT2D eigenvalue weighted by molar-refractivity contribution is 7.84. The Bertz CT molecular complexity index is 66.8. The van der Waals surface area contributed by atoms with Gasteiger partial charge < -0.3 is 5.73 Å². The van der Waals surface area contributed by atoms with Crippen LogP contribution in [-0.4, -0.2) is 22.3 Å². The van der Waals surface area contributed by atoms with Crippen LogP contribution >= 0.6 is 0 Å². The summed E-state index contributed by atoms with van der Waals surface area (Å²) in [6.07, 6.45) is 0.993. The molecule has 0 heterocycles. The van der Waals surface area contributed by atoms with Gasteiger partial charge in [0.2, 0.25) is 0 Å². The summed E-state index contributed by atoms with van der Waals surface area (Å²) in [7, 11) is -0.645. The minimum absolute atomic E-state index is 0.548. The second-order valence-electron chi connectivity index (χ2n) is 1.64. The van der Waals surface area contributed by atoms with E-state index in [0.29, 0.717) is 12.3 Å². The number of nitrogens with two attached hydrogens (primary N) is 1.